The third-order valence-corrected chi connectivity index (χ3v) is 5.61. The minimum absolute atomic E-state index is 0.0706. The molecule has 5 nitrogen and oxygen atoms in total. The number of carbonyl (C=O) groups is 2. The number of rotatable bonds is 5. The summed E-state index contributed by atoms with van der Waals surface area (Å²) in [6, 6.07) is 21.2. The van der Waals surface area contributed by atoms with Crippen LogP contribution in [0.1, 0.15) is 35.2 Å². The Morgan fingerprint density at radius 3 is 2.44 bits per heavy atom. The van der Waals surface area contributed by atoms with E-state index in [9.17, 15) is 14.7 Å². The van der Waals surface area contributed by atoms with Gasteiger partial charge in [-0.05, 0) is 62.2 Å². The number of aliphatic hydroxyl groups is 1. The van der Waals surface area contributed by atoms with E-state index in [1.54, 1.807) is 12.1 Å². The standard InChI is InChI=1S/C27H25NO4/c1-4-32-21-12-8-9-19(16-21)24-23(25(29)22-15-17(2)13-14-18(22)3)26(30)27(31)28(24)20-10-6-5-7-11-20/h5-16,24,29H,4H2,1-3H3/b25-23+. The van der Waals surface area contributed by atoms with Gasteiger partial charge in [0.25, 0.3) is 11.7 Å². The van der Waals surface area contributed by atoms with Gasteiger partial charge in [0.05, 0.1) is 18.2 Å². The van der Waals surface area contributed by atoms with Crippen molar-refractivity contribution in [2.75, 3.05) is 11.5 Å². The van der Waals surface area contributed by atoms with Crippen molar-refractivity contribution < 1.29 is 19.4 Å². The average Bonchev–Trinajstić information content (AvgIpc) is 3.06. The molecule has 1 unspecified atom stereocenters. The second-order valence-corrected chi connectivity index (χ2v) is 7.83. The number of nitrogens with zero attached hydrogens (tertiary/aromatic N) is 1. The van der Waals surface area contributed by atoms with Gasteiger partial charge in [-0.2, -0.15) is 0 Å². The van der Waals surface area contributed by atoms with Crippen LogP contribution in [-0.4, -0.2) is 23.4 Å². The fourth-order valence-corrected chi connectivity index (χ4v) is 4.08. The first-order valence-electron chi connectivity index (χ1n) is 10.6. The number of hydrogen-bond donors (Lipinski definition) is 1. The van der Waals surface area contributed by atoms with Crippen molar-refractivity contribution >= 4 is 23.1 Å². The number of ketones is 1. The molecule has 0 aliphatic carbocycles. The number of hydrogen-bond acceptors (Lipinski definition) is 4. The number of para-hydroxylation sites is 1. The van der Waals surface area contributed by atoms with Crippen LogP contribution in [-0.2, 0) is 9.59 Å². The lowest BCUT2D eigenvalue weighted by atomic mass is 9.93. The molecule has 1 aliphatic rings. The predicted octanol–water partition coefficient (Wildman–Crippen LogP) is 5.33. The lowest BCUT2D eigenvalue weighted by Crippen LogP contribution is -2.29. The molecule has 0 saturated carbocycles. The summed E-state index contributed by atoms with van der Waals surface area (Å²) in [5, 5.41) is 11.3. The molecule has 1 amide bonds. The lowest BCUT2D eigenvalue weighted by molar-refractivity contribution is -0.132. The van der Waals surface area contributed by atoms with E-state index in [0.717, 1.165) is 11.1 Å². The molecule has 3 aromatic rings. The van der Waals surface area contributed by atoms with Gasteiger partial charge in [0.1, 0.15) is 11.5 Å². The summed E-state index contributed by atoms with van der Waals surface area (Å²) in [6.45, 7) is 6.17. The Bertz CT molecular complexity index is 1210. The third-order valence-electron chi connectivity index (χ3n) is 5.61. The lowest BCUT2D eigenvalue weighted by Gasteiger charge is -2.26. The first-order chi connectivity index (χ1) is 15.4. The van der Waals surface area contributed by atoms with Crippen LogP contribution in [0.2, 0.25) is 0 Å². The molecule has 0 spiro atoms. The maximum Gasteiger partial charge on any atom is 0.300 e. The molecule has 3 aromatic carbocycles. The number of anilines is 1. The van der Waals surface area contributed by atoms with Gasteiger partial charge in [0.2, 0.25) is 0 Å². The van der Waals surface area contributed by atoms with Crippen molar-refractivity contribution in [3.63, 3.8) is 0 Å². The molecule has 0 bridgehead atoms. The Morgan fingerprint density at radius 1 is 0.969 bits per heavy atom. The van der Waals surface area contributed by atoms with Crippen LogP contribution in [0.5, 0.6) is 5.75 Å². The van der Waals surface area contributed by atoms with Crippen LogP contribution >= 0.6 is 0 Å². The van der Waals surface area contributed by atoms with Crippen molar-refractivity contribution in [3.05, 3.63) is 101 Å². The van der Waals surface area contributed by atoms with E-state index >= 15 is 0 Å². The summed E-state index contributed by atoms with van der Waals surface area (Å²) in [4.78, 5) is 27.9. The SMILES string of the molecule is CCOc1cccc(C2/C(=C(\O)c3cc(C)ccc3C)C(=O)C(=O)N2c2ccccc2)c1. The number of amides is 1. The molecule has 162 valence electrons. The third kappa shape index (κ3) is 3.78. The maximum absolute atomic E-state index is 13.3. The van der Waals surface area contributed by atoms with E-state index in [2.05, 4.69) is 0 Å². The van der Waals surface area contributed by atoms with Crippen molar-refractivity contribution in [2.45, 2.75) is 26.8 Å². The summed E-state index contributed by atoms with van der Waals surface area (Å²) in [7, 11) is 0. The molecule has 1 heterocycles. The summed E-state index contributed by atoms with van der Waals surface area (Å²) in [5.74, 6) is -0.917. The van der Waals surface area contributed by atoms with Gasteiger partial charge in [-0.3, -0.25) is 14.5 Å². The molecule has 0 radical (unpaired) electrons. The summed E-state index contributed by atoms with van der Waals surface area (Å²) in [5.41, 5.74) is 3.65. The molecular weight excluding hydrogens is 402 g/mol. The molecule has 1 fully saturated rings. The maximum atomic E-state index is 13.3. The monoisotopic (exact) mass is 427 g/mol. The number of Topliss-reactive ketones (excluding diaryl/α,β-unsaturated/α-hetero) is 1. The molecular formula is C27H25NO4. The summed E-state index contributed by atoms with van der Waals surface area (Å²) >= 11 is 0. The topological polar surface area (TPSA) is 66.8 Å². The minimum Gasteiger partial charge on any atom is -0.507 e. The zero-order chi connectivity index (χ0) is 22.8. The van der Waals surface area contributed by atoms with Crippen LogP contribution in [0, 0.1) is 13.8 Å². The van der Waals surface area contributed by atoms with Crippen molar-refractivity contribution in [2.24, 2.45) is 0 Å². The molecule has 0 aromatic heterocycles. The van der Waals surface area contributed by atoms with E-state index in [1.807, 2.05) is 81.4 Å². The number of ether oxygens (including phenoxy) is 1. The van der Waals surface area contributed by atoms with Crippen LogP contribution in [0.25, 0.3) is 5.76 Å². The van der Waals surface area contributed by atoms with E-state index < -0.39 is 17.7 Å². The van der Waals surface area contributed by atoms with Crippen LogP contribution in [0.15, 0.2) is 78.4 Å². The predicted molar refractivity (Wildman–Crippen MR) is 125 cm³/mol. The zero-order valence-electron chi connectivity index (χ0n) is 18.3. The van der Waals surface area contributed by atoms with Crippen molar-refractivity contribution in [3.8, 4) is 5.75 Å². The van der Waals surface area contributed by atoms with Gasteiger partial charge in [0.15, 0.2) is 0 Å². The van der Waals surface area contributed by atoms with E-state index in [4.69, 9.17) is 4.74 Å². The van der Waals surface area contributed by atoms with Gasteiger partial charge in [-0.1, -0.05) is 48.0 Å². The normalized spacial score (nSPS) is 17.6. The molecule has 32 heavy (non-hydrogen) atoms. The quantitative estimate of drug-likeness (QED) is 0.340. The molecule has 1 N–H and O–H groups in total. The average molecular weight is 428 g/mol. The van der Waals surface area contributed by atoms with Gasteiger partial charge in [0, 0.05) is 11.3 Å². The number of aryl methyl sites for hydroxylation is 2. The Morgan fingerprint density at radius 2 is 1.72 bits per heavy atom. The second-order valence-electron chi connectivity index (χ2n) is 7.83. The molecule has 5 heteroatoms. The molecule has 1 aliphatic heterocycles. The minimum atomic E-state index is -0.780. The van der Waals surface area contributed by atoms with Gasteiger partial charge < -0.3 is 9.84 Å². The van der Waals surface area contributed by atoms with Gasteiger partial charge in [-0.15, -0.1) is 0 Å². The fraction of sp³-hybridized carbons (Fsp3) is 0.185. The highest BCUT2D eigenvalue weighted by atomic mass is 16.5. The second kappa shape index (κ2) is 8.71. The van der Waals surface area contributed by atoms with E-state index in [0.29, 0.717) is 29.2 Å². The fourth-order valence-electron chi connectivity index (χ4n) is 4.08. The highest BCUT2D eigenvalue weighted by molar-refractivity contribution is 6.51. The first kappa shape index (κ1) is 21.4. The van der Waals surface area contributed by atoms with Gasteiger partial charge in [-0.25, -0.2) is 0 Å². The summed E-state index contributed by atoms with van der Waals surface area (Å²) in [6.07, 6.45) is 0. The summed E-state index contributed by atoms with van der Waals surface area (Å²) < 4.78 is 5.65. The Hall–Kier alpha value is -3.86. The molecule has 1 saturated heterocycles. The van der Waals surface area contributed by atoms with E-state index in [1.165, 1.54) is 4.90 Å². The number of aliphatic hydroxyl groups excluding tert-OH is 1. The highest BCUT2D eigenvalue weighted by Crippen LogP contribution is 2.43. The van der Waals surface area contributed by atoms with Gasteiger partial charge >= 0.3 is 0 Å². The van der Waals surface area contributed by atoms with E-state index in [-0.39, 0.29) is 11.3 Å². The van der Waals surface area contributed by atoms with Crippen molar-refractivity contribution in [1.29, 1.82) is 0 Å². The molecule has 1 atom stereocenters. The smallest absolute Gasteiger partial charge is 0.300 e. The highest BCUT2D eigenvalue weighted by Gasteiger charge is 2.47. The Labute approximate surface area is 187 Å². The Kier molecular flexibility index (Phi) is 5.82. The number of carbonyl (C=O) groups excluding carboxylic acids is 2. The Balaban J connectivity index is 1.97. The number of benzene rings is 3. The van der Waals surface area contributed by atoms with Crippen molar-refractivity contribution in [1.82, 2.24) is 0 Å². The zero-order valence-corrected chi connectivity index (χ0v) is 18.3. The first-order valence-corrected chi connectivity index (χ1v) is 10.6. The largest absolute Gasteiger partial charge is 0.507 e. The van der Waals surface area contributed by atoms with Crippen LogP contribution in [0.4, 0.5) is 5.69 Å². The molecule has 4 rings (SSSR count). The van der Waals surface area contributed by atoms with Crippen LogP contribution < -0.4 is 9.64 Å². The van der Waals surface area contributed by atoms with Crippen LogP contribution in [0.3, 0.4) is 0 Å².